The Hall–Kier alpha value is -4.27. The Labute approximate surface area is 252 Å². The van der Waals surface area contributed by atoms with Crippen molar-refractivity contribution in [2.75, 3.05) is 20.3 Å². The Morgan fingerprint density at radius 3 is 2.71 bits per heavy atom. The minimum absolute atomic E-state index is 0.0513. The van der Waals surface area contributed by atoms with Crippen LogP contribution in [-0.2, 0) is 10.2 Å². The summed E-state index contributed by atoms with van der Waals surface area (Å²) in [7, 11) is 1.48. The standard InChI is InChI=1S/C30H22BrClF2N4O4/c1-4-14(11-37-28(39)17-5-15-6-18(31)12-36-25(15)23(9-17)41-3)22-10-19-27(42-13-30(19,2)29(35)40)26(38-22)16-7-20(32)24(34)21(33)8-16/h1,5-10,12,14H,11,13H2,2-3H3,(H2,35,40)(H,37,39)/t14?,30-/m0/s1. The molecule has 1 unspecified atom stereocenters. The SMILES string of the molecule is C#CC(CNC(=O)c1cc(OC)c2ncc(Br)cc2c1)c1cc2c(c(-c3cc(F)c(F)c(Cl)c3)n1)OC[C@]2(C)C(N)=O. The fourth-order valence-electron chi connectivity index (χ4n) is 4.70. The van der Waals surface area contributed by atoms with Gasteiger partial charge in [0.25, 0.3) is 5.91 Å². The molecule has 2 aromatic carbocycles. The van der Waals surface area contributed by atoms with Gasteiger partial charge in [0, 0.05) is 39.3 Å². The zero-order chi connectivity index (χ0) is 30.3. The van der Waals surface area contributed by atoms with Crippen LogP contribution in [0.1, 0.15) is 34.5 Å². The first kappa shape index (κ1) is 29.2. The predicted molar refractivity (Wildman–Crippen MR) is 157 cm³/mol. The lowest BCUT2D eigenvalue weighted by molar-refractivity contribution is -0.123. The number of nitrogens with one attached hydrogen (secondary N) is 1. The third kappa shape index (κ3) is 5.12. The first-order valence-corrected chi connectivity index (χ1v) is 13.6. The molecule has 0 saturated carbocycles. The molecule has 0 radical (unpaired) electrons. The molecule has 8 nitrogen and oxygen atoms in total. The molecule has 0 saturated heterocycles. The van der Waals surface area contributed by atoms with Gasteiger partial charge in [-0.1, -0.05) is 17.5 Å². The van der Waals surface area contributed by atoms with Crippen LogP contribution in [0.5, 0.6) is 11.5 Å². The molecule has 0 fully saturated rings. The van der Waals surface area contributed by atoms with Crippen molar-refractivity contribution in [3.05, 3.63) is 80.5 Å². The highest BCUT2D eigenvalue weighted by Gasteiger charge is 2.44. The van der Waals surface area contributed by atoms with Gasteiger partial charge >= 0.3 is 0 Å². The van der Waals surface area contributed by atoms with E-state index in [4.69, 9.17) is 33.2 Å². The number of ether oxygens (including phenoxy) is 2. The van der Waals surface area contributed by atoms with Gasteiger partial charge in [-0.3, -0.25) is 14.6 Å². The summed E-state index contributed by atoms with van der Waals surface area (Å²) in [5.41, 5.74) is 6.20. The van der Waals surface area contributed by atoms with E-state index in [0.717, 1.165) is 10.5 Å². The lowest BCUT2D eigenvalue weighted by Crippen LogP contribution is -2.40. The highest BCUT2D eigenvalue weighted by Crippen LogP contribution is 2.45. The summed E-state index contributed by atoms with van der Waals surface area (Å²) in [6.45, 7) is 1.45. The summed E-state index contributed by atoms with van der Waals surface area (Å²) < 4.78 is 40.2. The maximum atomic E-state index is 14.3. The van der Waals surface area contributed by atoms with E-state index >= 15 is 0 Å². The van der Waals surface area contributed by atoms with Crippen LogP contribution in [0.2, 0.25) is 5.02 Å². The van der Waals surface area contributed by atoms with Gasteiger partial charge in [-0.05, 0) is 59.3 Å². The molecule has 0 bridgehead atoms. The largest absolute Gasteiger partial charge is 0.494 e. The number of halogens is 4. The average Bonchev–Trinajstić information content (AvgIpc) is 3.32. The highest BCUT2D eigenvalue weighted by molar-refractivity contribution is 9.10. The molecule has 3 heterocycles. The fourth-order valence-corrected chi connectivity index (χ4v) is 5.25. The second-order valence-corrected chi connectivity index (χ2v) is 11.2. The molecule has 0 spiro atoms. The predicted octanol–water partition coefficient (Wildman–Crippen LogP) is 5.28. The number of pyridine rings is 2. The second-order valence-electron chi connectivity index (χ2n) is 9.84. The number of terminal acetylenes is 1. The van der Waals surface area contributed by atoms with Crippen molar-refractivity contribution in [2.45, 2.75) is 18.3 Å². The molecule has 4 aromatic rings. The number of methoxy groups -OCH3 is 1. The normalized spacial score (nSPS) is 16.3. The number of nitrogens with two attached hydrogens (primary N) is 1. The molecule has 214 valence electrons. The minimum Gasteiger partial charge on any atom is -0.494 e. The summed E-state index contributed by atoms with van der Waals surface area (Å²) in [6.07, 6.45) is 7.49. The number of fused-ring (bicyclic) bond motifs is 2. The molecule has 2 aromatic heterocycles. The third-order valence-corrected chi connectivity index (χ3v) is 7.82. The Balaban J connectivity index is 1.52. The number of primary amides is 1. The van der Waals surface area contributed by atoms with Crippen LogP contribution in [0.25, 0.3) is 22.2 Å². The Morgan fingerprint density at radius 1 is 1.29 bits per heavy atom. The first-order valence-electron chi connectivity index (χ1n) is 12.5. The molecule has 3 N–H and O–H groups in total. The summed E-state index contributed by atoms with van der Waals surface area (Å²) in [6, 6.07) is 8.75. The fraction of sp³-hybridized carbons (Fsp3) is 0.200. The van der Waals surface area contributed by atoms with Crippen molar-refractivity contribution in [3.63, 3.8) is 0 Å². The van der Waals surface area contributed by atoms with Crippen molar-refractivity contribution in [2.24, 2.45) is 5.73 Å². The van der Waals surface area contributed by atoms with Crippen molar-refractivity contribution in [1.29, 1.82) is 0 Å². The van der Waals surface area contributed by atoms with Crippen LogP contribution in [0.3, 0.4) is 0 Å². The minimum atomic E-state index is -1.25. The topological polar surface area (TPSA) is 116 Å². The zero-order valence-electron chi connectivity index (χ0n) is 22.2. The lowest BCUT2D eigenvalue weighted by atomic mass is 9.82. The van der Waals surface area contributed by atoms with Crippen molar-refractivity contribution >= 4 is 50.2 Å². The number of aromatic nitrogens is 2. The number of hydrogen-bond donors (Lipinski definition) is 2. The number of hydrogen-bond acceptors (Lipinski definition) is 6. The van der Waals surface area contributed by atoms with Crippen LogP contribution < -0.4 is 20.5 Å². The monoisotopic (exact) mass is 654 g/mol. The van der Waals surface area contributed by atoms with Gasteiger partial charge in [-0.2, -0.15) is 0 Å². The van der Waals surface area contributed by atoms with Gasteiger partial charge < -0.3 is 20.5 Å². The molecule has 1 aliphatic rings. The van der Waals surface area contributed by atoms with Crippen LogP contribution >= 0.6 is 27.5 Å². The smallest absolute Gasteiger partial charge is 0.251 e. The van der Waals surface area contributed by atoms with E-state index in [1.54, 1.807) is 31.3 Å². The van der Waals surface area contributed by atoms with Crippen LogP contribution in [-0.4, -0.2) is 42.0 Å². The van der Waals surface area contributed by atoms with Crippen molar-refractivity contribution in [3.8, 4) is 35.1 Å². The maximum Gasteiger partial charge on any atom is 0.251 e. The number of carbonyl (C=O) groups is 2. The Morgan fingerprint density at radius 2 is 2.05 bits per heavy atom. The summed E-state index contributed by atoms with van der Waals surface area (Å²) in [5.74, 6) is -1.11. The molecule has 2 atom stereocenters. The van der Waals surface area contributed by atoms with Crippen LogP contribution in [0.15, 0.2) is 47.1 Å². The van der Waals surface area contributed by atoms with Crippen LogP contribution in [0.4, 0.5) is 8.78 Å². The summed E-state index contributed by atoms with van der Waals surface area (Å²) >= 11 is 9.29. The Kier molecular flexibility index (Phi) is 7.79. The molecule has 0 aliphatic carbocycles. The molecular formula is C30H22BrClF2N4O4. The Bertz CT molecular complexity index is 1810. The van der Waals surface area contributed by atoms with E-state index < -0.39 is 39.8 Å². The number of amides is 2. The maximum absolute atomic E-state index is 14.3. The van der Waals surface area contributed by atoms with E-state index in [1.165, 1.54) is 13.2 Å². The average molecular weight is 656 g/mol. The summed E-state index contributed by atoms with van der Waals surface area (Å²) in [5, 5.41) is 3.03. The van der Waals surface area contributed by atoms with E-state index in [0.29, 0.717) is 27.8 Å². The quantitative estimate of drug-likeness (QED) is 0.207. The van der Waals surface area contributed by atoms with Gasteiger partial charge in [-0.15, -0.1) is 6.42 Å². The van der Waals surface area contributed by atoms with Gasteiger partial charge in [0.05, 0.1) is 23.7 Å². The molecule has 2 amide bonds. The van der Waals surface area contributed by atoms with Crippen LogP contribution in [0, 0.1) is 24.0 Å². The van der Waals surface area contributed by atoms with E-state index in [2.05, 4.69) is 37.1 Å². The number of carbonyl (C=O) groups excluding carboxylic acids is 2. The summed E-state index contributed by atoms with van der Waals surface area (Å²) in [4.78, 5) is 34.6. The van der Waals surface area contributed by atoms with Crippen molar-refractivity contribution < 1.29 is 27.8 Å². The van der Waals surface area contributed by atoms with Gasteiger partial charge in [0.1, 0.15) is 34.7 Å². The third-order valence-electron chi connectivity index (χ3n) is 7.12. The molecular weight excluding hydrogens is 634 g/mol. The molecule has 12 heteroatoms. The number of benzene rings is 2. The molecule has 42 heavy (non-hydrogen) atoms. The van der Waals surface area contributed by atoms with Crippen molar-refractivity contribution in [1.82, 2.24) is 15.3 Å². The highest BCUT2D eigenvalue weighted by atomic mass is 79.9. The van der Waals surface area contributed by atoms with E-state index in [-0.39, 0.29) is 35.9 Å². The van der Waals surface area contributed by atoms with E-state index in [9.17, 15) is 18.4 Å². The number of rotatable bonds is 7. The first-order chi connectivity index (χ1) is 20.0. The zero-order valence-corrected chi connectivity index (χ0v) is 24.6. The lowest BCUT2D eigenvalue weighted by Gasteiger charge is -2.20. The van der Waals surface area contributed by atoms with Gasteiger partial charge in [-0.25, -0.2) is 13.8 Å². The number of nitrogens with zero attached hydrogens (tertiary/aromatic N) is 2. The van der Waals surface area contributed by atoms with Gasteiger partial charge in [0.2, 0.25) is 5.91 Å². The molecule has 5 rings (SSSR count). The second kappa shape index (κ2) is 11.2. The van der Waals surface area contributed by atoms with Gasteiger partial charge in [0.15, 0.2) is 11.6 Å². The van der Waals surface area contributed by atoms with E-state index in [1.807, 2.05) is 6.07 Å². The molecule has 1 aliphatic heterocycles.